The summed E-state index contributed by atoms with van der Waals surface area (Å²) >= 11 is 1.64. The molecule has 0 radical (unpaired) electrons. The number of pyridine rings is 1. The number of ketones is 1. The summed E-state index contributed by atoms with van der Waals surface area (Å²) in [4.78, 5) is 20.9. The molecule has 1 fully saturated rings. The maximum Gasteiger partial charge on any atom is 0.173 e. The number of rotatable bonds is 3. The third kappa shape index (κ3) is 3.86. The minimum atomic E-state index is -0.0466. The molecule has 0 bridgehead atoms. The van der Waals surface area contributed by atoms with Gasteiger partial charge in [0.15, 0.2) is 5.78 Å². The maximum atomic E-state index is 13.0. The predicted octanol–water partition coefficient (Wildman–Crippen LogP) is 5.17. The van der Waals surface area contributed by atoms with Crippen LogP contribution in [0.4, 0.5) is 5.00 Å². The van der Waals surface area contributed by atoms with Gasteiger partial charge in [-0.1, -0.05) is 13.8 Å². The molecule has 1 aliphatic heterocycles. The summed E-state index contributed by atoms with van der Waals surface area (Å²) in [5.41, 5.74) is 5.19. The van der Waals surface area contributed by atoms with E-state index >= 15 is 0 Å². The van der Waals surface area contributed by atoms with Crippen LogP contribution >= 0.6 is 11.3 Å². The number of Topliss-reactive ketones (excluding diaryl/α,β-unsaturated/α-hetero) is 1. The Morgan fingerprint density at radius 1 is 1.06 bits per heavy atom. The third-order valence-electron chi connectivity index (χ3n) is 6.05. The van der Waals surface area contributed by atoms with Gasteiger partial charge in [0.1, 0.15) is 5.75 Å². The lowest BCUT2D eigenvalue weighted by Crippen LogP contribution is -2.36. The average Bonchev–Trinajstić information content (AvgIpc) is 3.13. The molecule has 5 nitrogen and oxygen atoms in total. The second-order valence-corrected chi connectivity index (χ2v) is 10.1. The van der Waals surface area contributed by atoms with Crippen molar-refractivity contribution in [3.63, 3.8) is 0 Å². The molecule has 3 aromatic rings. The van der Waals surface area contributed by atoms with Gasteiger partial charge in [0.2, 0.25) is 0 Å². The number of hydrogen-bond donors (Lipinski definition) is 1. The summed E-state index contributed by atoms with van der Waals surface area (Å²) in [7, 11) is 0. The zero-order valence-electron chi connectivity index (χ0n) is 17.9. The first-order chi connectivity index (χ1) is 14.9. The number of fused-ring (bicyclic) bond motifs is 1. The molecule has 5 rings (SSSR count). The number of hydrogen-bond acceptors (Lipinski definition) is 6. The molecule has 2 aromatic heterocycles. The van der Waals surface area contributed by atoms with Gasteiger partial charge >= 0.3 is 0 Å². The number of phenols is 1. The van der Waals surface area contributed by atoms with Crippen molar-refractivity contribution in [1.82, 2.24) is 4.98 Å². The van der Waals surface area contributed by atoms with E-state index < -0.39 is 0 Å². The third-order valence-corrected chi connectivity index (χ3v) is 7.38. The van der Waals surface area contributed by atoms with Gasteiger partial charge in [-0.05, 0) is 59.4 Å². The second-order valence-electron chi connectivity index (χ2n) is 9.11. The number of carbonyl (C=O) groups excluding carboxylic acids is 1. The van der Waals surface area contributed by atoms with Gasteiger partial charge in [-0.3, -0.25) is 9.78 Å². The van der Waals surface area contributed by atoms with Gasteiger partial charge in [0.05, 0.1) is 28.8 Å². The smallest absolute Gasteiger partial charge is 0.173 e. The summed E-state index contributed by atoms with van der Waals surface area (Å²) in [6.45, 7) is 7.43. The number of morpholine rings is 1. The number of ether oxygens (including phenoxy) is 1. The minimum Gasteiger partial charge on any atom is -0.508 e. The zero-order chi connectivity index (χ0) is 21.6. The van der Waals surface area contributed by atoms with Crippen LogP contribution in [-0.2, 0) is 11.2 Å². The van der Waals surface area contributed by atoms with Crippen LogP contribution in [0.3, 0.4) is 0 Å². The van der Waals surface area contributed by atoms with Crippen molar-refractivity contribution >= 4 is 22.1 Å². The Morgan fingerprint density at radius 3 is 2.55 bits per heavy atom. The van der Waals surface area contributed by atoms with Crippen molar-refractivity contribution in [3.8, 4) is 28.1 Å². The fraction of sp³-hybridized carbons (Fsp3) is 0.360. The normalized spacial score (nSPS) is 18.1. The average molecular weight is 435 g/mol. The van der Waals surface area contributed by atoms with Crippen molar-refractivity contribution in [1.29, 1.82) is 0 Å². The number of nitrogens with zero attached hydrogens (tertiary/aromatic N) is 2. The van der Waals surface area contributed by atoms with Crippen LogP contribution in [0.5, 0.6) is 5.75 Å². The summed E-state index contributed by atoms with van der Waals surface area (Å²) in [5, 5.41) is 10.8. The van der Waals surface area contributed by atoms with Crippen LogP contribution in [0.15, 0.2) is 42.6 Å². The van der Waals surface area contributed by atoms with E-state index in [0.29, 0.717) is 19.6 Å². The van der Waals surface area contributed by atoms with Gasteiger partial charge in [0.25, 0.3) is 0 Å². The Bertz CT molecular complexity index is 1130. The highest BCUT2D eigenvalue weighted by Gasteiger charge is 2.37. The molecule has 3 heterocycles. The molecule has 0 spiro atoms. The quantitative estimate of drug-likeness (QED) is 0.616. The van der Waals surface area contributed by atoms with Crippen LogP contribution in [0.2, 0.25) is 0 Å². The van der Waals surface area contributed by atoms with E-state index in [1.165, 1.54) is 16.1 Å². The Balaban J connectivity index is 1.66. The molecule has 0 unspecified atom stereocenters. The van der Waals surface area contributed by atoms with E-state index in [4.69, 9.17) is 4.74 Å². The molecular formula is C25H26N2O3S. The molecule has 1 aliphatic carbocycles. The minimum absolute atomic E-state index is 0.0466. The van der Waals surface area contributed by atoms with Crippen LogP contribution in [0.25, 0.3) is 22.4 Å². The molecule has 0 amide bonds. The molecule has 0 atom stereocenters. The highest BCUT2D eigenvalue weighted by atomic mass is 32.1. The topological polar surface area (TPSA) is 62.7 Å². The first-order valence-electron chi connectivity index (χ1n) is 10.7. The molecule has 2 aliphatic rings. The SMILES string of the molecule is CC1(C)CC(=O)c2sc(N3CCOCC3)c(-c3ccnc(-c4ccc(O)cc4)c3)c2C1. The Kier molecular flexibility index (Phi) is 5.07. The van der Waals surface area contributed by atoms with Crippen LogP contribution in [0, 0.1) is 5.41 Å². The fourth-order valence-corrected chi connectivity index (χ4v) is 5.90. The van der Waals surface area contributed by atoms with Crippen LogP contribution in [-0.4, -0.2) is 42.2 Å². The summed E-state index contributed by atoms with van der Waals surface area (Å²) < 4.78 is 5.58. The lowest BCUT2D eigenvalue weighted by Gasteiger charge is -2.30. The first-order valence-corrected chi connectivity index (χ1v) is 11.5. The van der Waals surface area contributed by atoms with Gasteiger partial charge in [0, 0.05) is 36.8 Å². The van der Waals surface area contributed by atoms with Crippen molar-refractivity contribution < 1.29 is 14.6 Å². The molecule has 160 valence electrons. The highest BCUT2D eigenvalue weighted by molar-refractivity contribution is 7.19. The van der Waals surface area contributed by atoms with Gasteiger partial charge in [-0.15, -0.1) is 11.3 Å². The summed E-state index contributed by atoms with van der Waals surface area (Å²) in [6.07, 6.45) is 3.32. The highest BCUT2D eigenvalue weighted by Crippen LogP contribution is 2.49. The number of benzene rings is 1. The van der Waals surface area contributed by atoms with E-state index in [1.54, 1.807) is 23.5 Å². The number of thiophene rings is 1. The van der Waals surface area contributed by atoms with E-state index in [0.717, 1.165) is 41.2 Å². The van der Waals surface area contributed by atoms with Gasteiger partial charge in [-0.25, -0.2) is 0 Å². The molecule has 6 heteroatoms. The summed E-state index contributed by atoms with van der Waals surface area (Å²) in [6, 6.07) is 11.3. The largest absolute Gasteiger partial charge is 0.508 e. The molecule has 1 saturated heterocycles. The number of aromatic hydroxyl groups is 1. The lowest BCUT2D eigenvalue weighted by molar-refractivity contribution is 0.0918. The van der Waals surface area contributed by atoms with Gasteiger partial charge in [-0.2, -0.15) is 0 Å². The number of anilines is 1. The number of phenolic OH excluding ortho intramolecular Hbond substituents is 1. The van der Waals surface area contributed by atoms with Crippen molar-refractivity contribution in [2.45, 2.75) is 26.7 Å². The predicted molar refractivity (Wildman–Crippen MR) is 124 cm³/mol. The first kappa shape index (κ1) is 20.2. The zero-order valence-corrected chi connectivity index (χ0v) is 18.7. The van der Waals surface area contributed by atoms with Crippen molar-refractivity contribution in [3.05, 3.63) is 53.0 Å². The number of aromatic nitrogens is 1. The Hall–Kier alpha value is -2.70. The van der Waals surface area contributed by atoms with Gasteiger partial charge < -0.3 is 14.7 Å². The Labute approximate surface area is 186 Å². The van der Waals surface area contributed by atoms with E-state index in [2.05, 4.69) is 29.8 Å². The molecule has 1 aromatic carbocycles. The summed E-state index contributed by atoms with van der Waals surface area (Å²) in [5.74, 6) is 0.493. The van der Waals surface area contributed by atoms with E-state index in [1.807, 2.05) is 24.4 Å². The Morgan fingerprint density at radius 2 is 1.81 bits per heavy atom. The molecule has 0 saturated carbocycles. The molecule has 31 heavy (non-hydrogen) atoms. The fourth-order valence-electron chi connectivity index (χ4n) is 4.56. The van der Waals surface area contributed by atoms with E-state index in [-0.39, 0.29) is 16.9 Å². The number of carbonyl (C=O) groups is 1. The lowest BCUT2D eigenvalue weighted by atomic mass is 9.75. The second kappa shape index (κ2) is 7.77. The van der Waals surface area contributed by atoms with E-state index in [9.17, 15) is 9.90 Å². The molecular weight excluding hydrogens is 408 g/mol. The van der Waals surface area contributed by atoms with Crippen molar-refractivity contribution in [2.24, 2.45) is 5.41 Å². The maximum absolute atomic E-state index is 13.0. The van der Waals surface area contributed by atoms with Crippen LogP contribution in [0.1, 0.15) is 35.5 Å². The van der Waals surface area contributed by atoms with Crippen LogP contribution < -0.4 is 4.90 Å². The van der Waals surface area contributed by atoms with Crippen molar-refractivity contribution in [2.75, 3.05) is 31.2 Å². The molecule has 1 N–H and O–H groups in total. The monoisotopic (exact) mass is 434 g/mol. The standard InChI is InChI=1S/C25H26N2O3S/c1-25(2)14-19-22(17-7-8-26-20(13-17)16-3-5-18(28)6-4-16)24(27-9-11-30-12-10-27)31-23(19)21(29)15-25/h3-8,13,28H,9-12,14-15H2,1-2H3.